The van der Waals surface area contributed by atoms with Crippen LogP contribution in [-0.2, 0) is 36.8 Å². The van der Waals surface area contributed by atoms with Crippen LogP contribution in [0.3, 0.4) is 0 Å². The molecule has 5 atom stereocenters. The van der Waals surface area contributed by atoms with Crippen molar-refractivity contribution < 1.29 is 34.2 Å². The Bertz CT molecular complexity index is 1710. The van der Waals surface area contributed by atoms with Crippen molar-refractivity contribution in [3.8, 4) is 0 Å². The number of aromatic amines is 2. The Morgan fingerprint density at radius 3 is 1.85 bits per heavy atom. The van der Waals surface area contributed by atoms with E-state index >= 15 is 0 Å². The van der Waals surface area contributed by atoms with Gasteiger partial charge in [0.1, 0.15) is 18.1 Å². The fraction of sp³-hybridized carbons (Fsp3) is 0.364. The van der Waals surface area contributed by atoms with Crippen molar-refractivity contribution in [2.45, 2.75) is 70.1 Å². The molecule has 4 rings (SSSR count). The van der Waals surface area contributed by atoms with Gasteiger partial charge in [0.05, 0.1) is 6.04 Å². The second kappa shape index (κ2) is 15.2. The summed E-state index contributed by atoms with van der Waals surface area (Å²) in [5, 5.41) is 28.3. The van der Waals surface area contributed by atoms with Gasteiger partial charge in [-0.15, -0.1) is 0 Å². The number of aromatic nitrogens is 2. The van der Waals surface area contributed by atoms with Gasteiger partial charge in [-0.1, -0.05) is 56.7 Å². The molecule has 0 bridgehead atoms. The predicted octanol–water partition coefficient (Wildman–Crippen LogP) is 2.21. The molecule has 13 heteroatoms. The van der Waals surface area contributed by atoms with Gasteiger partial charge in [0, 0.05) is 47.0 Å². The van der Waals surface area contributed by atoms with Crippen LogP contribution >= 0.6 is 0 Å². The van der Waals surface area contributed by atoms with Crippen molar-refractivity contribution in [2.24, 2.45) is 11.7 Å². The number of para-hydroxylation sites is 2. The van der Waals surface area contributed by atoms with Gasteiger partial charge in [-0.2, -0.15) is 0 Å². The summed E-state index contributed by atoms with van der Waals surface area (Å²) < 4.78 is 0. The number of carboxylic acid groups (broad SMARTS) is 2. The highest BCUT2D eigenvalue weighted by atomic mass is 16.4. The lowest BCUT2D eigenvalue weighted by Gasteiger charge is -2.28. The van der Waals surface area contributed by atoms with E-state index in [1.54, 1.807) is 19.3 Å². The summed E-state index contributed by atoms with van der Waals surface area (Å²) >= 11 is 0. The third-order valence-electron chi connectivity index (χ3n) is 8.24. The van der Waals surface area contributed by atoms with Gasteiger partial charge in [0.25, 0.3) is 0 Å². The van der Waals surface area contributed by atoms with Crippen LogP contribution in [-0.4, -0.2) is 74.0 Å². The van der Waals surface area contributed by atoms with Crippen LogP contribution in [0.1, 0.15) is 44.2 Å². The monoisotopic (exact) mass is 632 g/mol. The summed E-state index contributed by atoms with van der Waals surface area (Å²) in [7, 11) is 0. The number of aliphatic carboxylic acids is 2. The molecule has 3 amide bonds. The summed E-state index contributed by atoms with van der Waals surface area (Å²) in [6.45, 7) is 3.65. The molecule has 2 aromatic heterocycles. The number of amides is 3. The normalized spacial score (nSPS) is 14.6. The van der Waals surface area contributed by atoms with Gasteiger partial charge in [-0.3, -0.25) is 19.2 Å². The van der Waals surface area contributed by atoms with Crippen LogP contribution in [0, 0.1) is 5.92 Å². The number of rotatable bonds is 16. The smallest absolute Gasteiger partial charge is 0.326 e. The number of hydrogen-bond donors (Lipinski definition) is 8. The van der Waals surface area contributed by atoms with Crippen LogP contribution < -0.4 is 21.7 Å². The van der Waals surface area contributed by atoms with E-state index in [4.69, 9.17) is 10.8 Å². The van der Waals surface area contributed by atoms with Crippen molar-refractivity contribution in [1.82, 2.24) is 25.9 Å². The summed E-state index contributed by atoms with van der Waals surface area (Å²) in [6.07, 6.45) is 3.42. The third-order valence-corrected chi connectivity index (χ3v) is 8.24. The topological polar surface area (TPSA) is 219 Å². The molecule has 9 N–H and O–H groups in total. The molecule has 0 fully saturated rings. The van der Waals surface area contributed by atoms with Crippen LogP contribution in [0.25, 0.3) is 21.8 Å². The number of carbonyl (C=O) groups excluding carboxylic acids is 3. The van der Waals surface area contributed by atoms with E-state index in [1.807, 2.05) is 55.5 Å². The zero-order valence-corrected chi connectivity index (χ0v) is 25.7. The first-order valence-electron chi connectivity index (χ1n) is 15.2. The molecule has 4 aromatic rings. The van der Waals surface area contributed by atoms with Crippen LogP contribution in [0.4, 0.5) is 0 Å². The first-order valence-corrected chi connectivity index (χ1v) is 15.2. The molecule has 46 heavy (non-hydrogen) atoms. The predicted molar refractivity (Wildman–Crippen MR) is 172 cm³/mol. The SMILES string of the molecule is CCC(C)C(NC(=O)C(N)Cc1c[nH]c2ccccc12)C(=O)NC(Cc1c[nH]c2ccccc12)C(=O)NC(CCC(=O)O)C(=O)O. The fourth-order valence-corrected chi connectivity index (χ4v) is 5.38. The summed E-state index contributed by atoms with van der Waals surface area (Å²) in [6, 6.07) is 10.3. The van der Waals surface area contributed by atoms with Gasteiger partial charge in [-0.25, -0.2) is 4.79 Å². The molecular formula is C33H40N6O7. The van der Waals surface area contributed by atoms with Crippen LogP contribution in [0.2, 0.25) is 0 Å². The quantitative estimate of drug-likeness (QED) is 0.0913. The van der Waals surface area contributed by atoms with Crippen molar-refractivity contribution in [1.29, 1.82) is 0 Å². The number of nitrogens with two attached hydrogens (primary N) is 1. The van der Waals surface area contributed by atoms with Gasteiger partial charge in [0.15, 0.2) is 0 Å². The Labute approximate surface area is 265 Å². The van der Waals surface area contributed by atoms with Gasteiger partial charge in [-0.05, 0) is 42.0 Å². The van der Waals surface area contributed by atoms with Gasteiger partial charge < -0.3 is 41.9 Å². The highest BCUT2D eigenvalue weighted by Crippen LogP contribution is 2.21. The summed E-state index contributed by atoms with van der Waals surface area (Å²) in [4.78, 5) is 69.8. The minimum atomic E-state index is -1.49. The first kappa shape index (κ1) is 33.7. The summed E-state index contributed by atoms with van der Waals surface area (Å²) in [5.41, 5.74) is 9.56. The maximum atomic E-state index is 13.8. The third kappa shape index (κ3) is 8.30. The van der Waals surface area contributed by atoms with E-state index in [-0.39, 0.29) is 25.2 Å². The average Bonchev–Trinajstić information content (AvgIpc) is 3.64. The molecule has 0 radical (unpaired) electrons. The summed E-state index contributed by atoms with van der Waals surface area (Å²) in [5.74, 6) is -4.94. The number of carboxylic acids is 2. The Kier molecular flexibility index (Phi) is 11.2. The lowest BCUT2D eigenvalue weighted by atomic mass is 9.96. The molecule has 2 aromatic carbocycles. The van der Waals surface area contributed by atoms with E-state index in [2.05, 4.69) is 25.9 Å². The first-order chi connectivity index (χ1) is 22.0. The number of H-pyrrole nitrogens is 2. The lowest BCUT2D eigenvalue weighted by molar-refractivity contribution is -0.143. The number of carbonyl (C=O) groups is 5. The van der Waals surface area contributed by atoms with Gasteiger partial charge in [0.2, 0.25) is 17.7 Å². The fourth-order valence-electron chi connectivity index (χ4n) is 5.38. The highest BCUT2D eigenvalue weighted by Gasteiger charge is 2.33. The Hall–Kier alpha value is -5.17. The molecule has 0 aliphatic carbocycles. The molecule has 13 nitrogen and oxygen atoms in total. The average molecular weight is 633 g/mol. The van der Waals surface area contributed by atoms with Crippen molar-refractivity contribution in [3.05, 3.63) is 72.1 Å². The number of nitrogens with one attached hydrogen (secondary N) is 5. The second-order valence-electron chi connectivity index (χ2n) is 11.5. The Morgan fingerprint density at radius 1 is 0.761 bits per heavy atom. The molecular weight excluding hydrogens is 592 g/mol. The molecule has 0 spiro atoms. The number of fused-ring (bicyclic) bond motifs is 2. The largest absolute Gasteiger partial charge is 0.481 e. The molecule has 244 valence electrons. The minimum Gasteiger partial charge on any atom is -0.481 e. The molecule has 0 saturated carbocycles. The lowest BCUT2D eigenvalue weighted by Crippen LogP contribution is -2.59. The van der Waals surface area contributed by atoms with Crippen LogP contribution in [0.5, 0.6) is 0 Å². The zero-order valence-electron chi connectivity index (χ0n) is 25.7. The van der Waals surface area contributed by atoms with Gasteiger partial charge >= 0.3 is 11.9 Å². The molecule has 5 unspecified atom stereocenters. The Morgan fingerprint density at radius 2 is 1.30 bits per heavy atom. The standard InChI is InChI=1S/C33H40N6O7/c1-3-18(2)29(39-30(42)23(34)14-19-16-35-24-10-6-4-8-21(19)24)32(44)38-27(15-20-17-36-25-11-7-5-9-22(20)25)31(43)37-26(33(45)46)12-13-28(40)41/h4-11,16-18,23,26-27,29,35-36H,3,12-15,34H2,1-2H3,(H,37,43)(H,38,44)(H,39,42)(H,40,41)(H,45,46). The maximum Gasteiger partial charge on any atom is 0.326 e. The van der Waals surface area contributed by atoms with E-state index in [9.17, 15) is 29.1 Å². The number of benzene rings is 2. The van der Waals surface area contributed by atoms with Crippen molar-refractivity contribution in [2.75, 3.05) is 0 Å². The second-order valence-corrected chi connectivity index (χ2v) is 11.5. The van der Waals surface area contributed by atoms with Crippen LogP contribution in [0.15, 0.2) is 60.9 Å². The molecule has 2 heterocycles. The van der Waals surface area contributed by atoms with Crippen molar-refractivity contribution >= 4 is 51.5 Å². The van der Waals surface area contributed by atoms with Crippen molar-refractivity contribution in [3.63, 3.8) is 0 Å². The van der Waals surface area contributed by atoms with E-state index < -0.39 is 60.2 Å². The van der Waals surface area contributed by atoms with E-state index in [0.717, 1.165) is 27.4 Å². The highest BCUT2D eigenvalue weighted by molar-refractivity contribution is 5.95. The molecule has 0 saturated heterocycles. The van der Waals surface area contributed by atoms with E-state index in [0.29, 0.717) is 12.0 Å². The molecule has 0 aliphatic heterocycles. The minimum absolute atomic E-state index is 0.00585. The Balaban J connectivity index is 1.53. The maximum absolute atomic E-state index is 13.8. The zero-order chi connectivity index (χ0) is 33.4. The van der Waals surface area contributed by atoms with E-state index in [1.165, 1.54) is 0 Å². The molecule has 0 aliphatic rings. The number of hydrogen-bond acceptors (Lipinski definition) is 6.